The number of nitrogens with two attached hydrogens (primary N) is 1. The first kappa shape index (κ1) is 15.2. The third-order valence-electron chi connectivity index (χ3n) is 2.43. The molecule has 1 aromatic heterocycles. The van der Waals surface area contributed by atoms with Crippen LogP contribution in [0, 0.1) is 0 Å². The van der Waals surface area contributed by atoms with Crippen molar-refractivity contribution in [2.75, 3.05) is 44.0 Å². The van der Waals surface area contributed by atoms with Gasteiger partial charge in [0.2, 0.25) is 0 Å². The number of rotatable bonds is 7. The summed E-state index contributed by atoms with van der Waals surface area (Å²) in [6, 6.07) is 0. The Labute approximate surface area is 112 Å². The van der Waals surface area contributed by atoms with Crippen LogP contribution in [0.2, 0.25) is 0 Å². The molecule has 3 N–H and O–H groups in total. The van der Waals surface area contributed by atoms with E-state index in [-0.39, 0.29) is 16.5 Å². The van der Waals surface area contributed by atoms with Crippen molar-refractivity contribution in [1.29, 1.82) is 0 Å². The molecule has 104 valence electrons. The van der Waals surface area contributed by atoms with Crippen molar-refractivity contribution in [3.63, 3.8) is 0 Å². The minimum absolute atomic E-state index is 0.0298. The van der Waals surface area contributed by atoms with Crippen molar-refractivity contribution >= 4 is 32.2 Å². The van der Waals surface area contributed by atoms with Gasteiger partial charge >= 0.3 is 0 Å². The topological polar surface area (TPSA) is 88.3 Å². The third kappa shape index (κ3) is 3.82. The van der Waals surface area contributed by atoms with Crippen LogP contribution in [0.3, 0.4) is 0 Å². The molecule has 0 radical (unpaired) electrons. The fourth-order valence-electron chi connectivity index (χ4n) is 1.45. The molecule has 1 heterocycles. The lowest BCUT2D eigenvalue weighted by atomic mass is 10.4. The smallest absolute Gasteiger partial charge is 0.184 e. The Hall–Kier alpha value is -0.860. The van der Waals surface area contributed by atoms with Crippen LogP contribution in [0.1, 0.15) is 13.3 Å². The molecule has 1 aromatic rings. The predicted octanol–water partition coefficient (Wildman–Crippen LogP) is 0.882. The number of sulfone groups is 1. The molecular formula is C10H20N4O2S2. The van der Waals surface area contributed by atoms with Crippen LogP contribution in [0.5, 0.6) is 0 Å². The van der Waals surface area contributed by atoms with Crippen LogP contribution in [0.25, 0.3) is 0 Å². The number of hydrogen-bond acceptors (Lipinski definition) is 7. The molecule has 0 aliphatic carbocycles. The van der Waals surface area contributed by atoms with Crippen LogP contribution in [0.15, 0.2) is 4.90 Å². The molecule has 8 heteroatoms. The van der Waals surface area contributed by atoms with E-state index >= 15 is 0 Å². The van der Waals surface area contributed by atoms with Gasteiger partial charge in [-0.3, -0.25) is 0 Å². The van der Waals surface area contributed by atoms with Gasteiger partial charge in [0.05, 0.1) is 5.75 Å². The average Bonchev–Trinajstić information content (AvgIpc) is 2.66. The van der Waals surface area contributed by atoms with Crippen LogP contribution < -0.4 is 11.1 Å². The summed E-state index contributed by atoms with van der Waals surface area (Å²) in [5.41, 5.74) is 5.63. The van der Waals surface area contributed by atoms with Crippen LogP contribution >= 0.6 is 11.5 Å². The average molecular weight is 292 g/mol. The van der Waals surface area contributed by atoms with Gasteiger partial charge in [0, 0.05) is 6.54 Å². The zero-order valence-corrected chi connectivity index (χ0v) is 12.6. The van der Waals surface area contributed by atoms with E-state index in [1.54, 1.807) is 6.92 Å². The normalized spacial score (nSPS) is 12.0. The summed E-state index contributed by atoms with van der Waals surface area (Å²) in [7, 11) is 0.676. The summed E-state index contributed by atoms with van der Waals surface area (Å²) >= 11 is 1.10. The van der Waals surface area contributed by atoms with E-state index < -0.39 is 9.84 Å². The Morgan fingerprint density at radius 1 is 1.44 bits per heavy atom. The van der Waals surface area contributed by atoms with E-state index in [0.29, 0.717) is 11.5 Å². The molecule has 0 bridgehead atoms. The molecule has 18 heavy (non-hydrogen) atoms. The highest BCUT2D eigenvalue weighted by atomic mass is 32.2. The molecule has 6 nitrogen and oxygen atoms in total. The Balaban J connectivity index is 2.73. The fraction of sp³-hybridized carbons (Fsp3) is 0.700. The first-order valence-corrected chi connectivity index (χ1v) is 8.17. The quantitative estimate of drug-likeness (QED) is 0.725. The molecule has 0 aromatic carbocycles. The highest BCUT2D eigenvalue weighted by Gasteiger charge is 2.23. The summed E-state index contributed by atoms with van der Waals surface area (Å²) in [6.07, 6.45) is 0.927. The number of anilines is 2. The standard InChI is InChI=1S/C10H20N4O2S2/c1-4-18(15,16)8-9(11)13-17-10(8)12-6-5-7-14(2)3/h12H,4-7H2,1-3H3,(H2,11,13). The van der Waals surface area contributed by atoms with E-state index in [1.807, 2.05) is 14.1 Å². The lowest BCUT2D eigenvalue weighted by Crippen LogP contribution is -2.17. The summed E-state index contributed by atoms with van der Waals surface area (Å²) < 4.78 is 27.7. The van der Waals surface area contributed by atoms with Gasteiger partial charge in [0.15, 0.2) is 15.7 Å². The van der Waals surface area contributed by atoms with Crippen molar-refractivity contribution in [2.45, 2.75) is 18.2 Å². The van der Waals surface area contributed by atoms with Crippen LogP contribution in [-0.2, 0) is 9.84 Å². The zero-order chi connectivity index (χ0) is 13.8. The lowest BCUT2D eigenvalue weighted by Gasteiger charge is -2.10. The van der Waals surface area contributed by atoms with E-state index in [2.05, 4.69) is 14.6 Å². The van der Waals surface area contributed by atoms with E-state index in [4.69, 9.17) is 5.73 Å². The molecule has 0 aliphatic heterocycles. The SMILES string of the molecule is CCS(=O)(=O)c1c(N)nsc1NCCCN(C)C. The van der Waals surface area contributed by atoms with Crippen molar-refractivity contribution < 1.29 is 8.42 Å². The van der Waals surface area contributed by atoms with Gasteiger partial charge < -0.3 is 16.0 Å². The highest BCUT2D eigenvalue weighted by molar-refractivity contribution is 7.91. The van der Waals surface area contributed by atoms with Crippen LogP contribution in [0.4, 0.5) is 10.8 Å². The molecule has 1 rings (SSSR count). The number of aromatic nitrogens is 1. The monoisotopic (exact) mass is 292 g/mol. The zero-order valence-electron chi connectivity index (χ0n) is 10.9. The molecule has 0 unspecified atom stereocenters. The van der Waals surface area contributed by atoms with Gasteiger partial charge in [0.1, 0.15) is 9.90 Å². The second-order valence-electron chi connectivity index (χ2n) is 4.21. The molecular weight excluding hydrogens is 272 g/mol. The summed E-state index contributed by atoms with van der Waals surface area (Å²) in [5, 5.41) is 3.65. The van der Waals surface area contributed by atoms with Crippen molar-refractivity contribution in [3.05, 3.63) is 0 Å². The maximum atomic E-state index is 11.9. The van der Waals surface area contributed by atoms with Crippen molar-refractivity contribution in [1.82, 2.24) is 9.27 Å². The largest absolute Gasteiger partial charge is 0.382 e. The molecule has 0 amide bonds. The van der Waals surface area contributed by atoms with Gasteiger partial charge in [-0.25, -0.2) is 8.42 Å². The van der Waals surface area contributed by atoms with Crippen LogP contribution in [-0.4, -0.2) is 50.6 Å². The Bertz CT molecular complexity index is 482. The summed E-state index contributed by atoms with van der Waals surface area (Å²) in [4.78, 5) is 2.23. The number of nitrogens with one attached hydrogen (secondary N) is 1. The maximum Gasteiger partial charge on any atom is 0.184 e. The maximum absolute atomic E-state index is 11.9. The van der Waals surface area contributed by atoms with E-state index in [0.717, 1.165) is 24.5 Å². The number of nitrogen functional groups attached to an aromatic ring is 1. The van der Waals surface area contributed by atoms with Gasteiger partial charge in [0.25, 0.3) is 0 Å². The summed E-state index contributed by atoms with van der Waals surface area (Å²) in [5.74, 6) is 0.124. The third-order valence-corrected chi connectivity index (χ3v) is 5.18. The van der Waals surface area contributed by atoms with Crippen molar-refractivity contribution in [2.24, 2.45) is 0 Å². The highest BCUT2D eigenvalue weighted by Crippen LogP contribution is 2.32. The first-order chi connectivity index (χ1) is 8.38. The van der Waals surface area contributed by atoms with Crippen molar-refractivity contribution in [3.8, 4) is 0 Å². The lowest BCUT2D eigenvalue weighted by molar-refractivity contribution is 0.405. The van der Waals surface area contributed by atoms with Gasteiger partial charge in [-0.15, -0.1) is 0 Å². The minimum atomic E-state index is -3.32. The molecule has 0 spiro atoms. The van der Waals surface area contributed by atoms with E-state index in [9.17, 15) is 8.42 Å². The molecule has 0 saturated heterocycles. The summed E-state index contributed by atoms with van der Waals surface area (Å²) in [6.45, 7) is 3.24. The minimum Gasteiger partial charge on any atom is -0.382 e. The van der Waals surface area contributed by atoms with Gasteiger partial charge in [-0.1, -0.05) is 6.92 Å². The fourth-order valence-corrected chi connectivity index (χ4v) is 3.64. The Kier molecular flexibility index (Phi) is 5.36. The van der Waals surface area contributed by atoms with Gasteiger partial charge in [-0.05, 0) is 38.6 Å². The second-order valence-corrected chi connectivity index (χ2v) is 7.20. The molecule has 0 saturated carbocycles. The first-order valence-electron chi connectivity index (χ1n) is 5.75. The number of nitrogens with zero attached hydrogens (tertiary/aromatic N) is 2. The Morgan fingerprint density at radius 2 is 2.11 bits per heavy atom. The second kappa shape index (κ2) is 6.35. The predicted molar refractivity (Wildman–Crippen MR) is 75.9 cm³/mol. The van der Waals surface area contributed by atoms with Gasteiger partial charge in [-0.2, -0.15) is 4.37 Å². The molecule has 0 aliphatic rings. The molecule has 0 fully saturated rings. The van der Waals surface area contributed by atoms with E-state index in [1.165, 1.54) is 0 Å². The molecule has 0 atom stereocenters. The number of hydrogen-bond donors (Lipinski definition) is 2. The Morgan fingerprint density at radius 3 is 2.67 bits per heavy atom.